The Morgan fingerprint density at radius 2 is 1.57 bits per heavy atom. The number of aryl methyl sites for hydroxylation is 1. The Hall–Kier alpha value is -2.05. The van der Waals surface area contributed by atoms with E-state index >= 15 is 0 Å². The van der Waals surface area contributed by atoms with Crippen molar-refractivity contribution in [2.45, 2.75) is 18.4 Å². The Kier molecular flexibility index (Phi) is 5.28. The molecule has 0 aliphatic rings. The lowest BCUT2D eigenvalue weighted by atomic mass is 10.2. The van der Waals surface area contributed by atoms with Gasteiger partial charge in [-0.25, -0.2) is 8.42 Å². The van der Waals surface area contributed by atoms with Crippen LogP contribution in [0, 0.1) is 6.92 Å². The van der Waals surface area contributed by atoms with Gasteiger partial charge in [-0.15, -0.1) is 0 Å². The summed E-state index contributed by atoms with van der Waals surface area (Å²) in [7, 11) is 1.14. The van der Waals surface area contributed by atoms with Crippen molar-refractivity contribution in [2.24, 2.45) is 0 Å². The van der Waals surface area contributed by atoms with E-state index in [1.54, 1.807) is 57.7 Å². The van der Waals surface area contributed by atoms with Gasteiger partial charge in [0.05, 0.1) is 19.1 Å². The SMILES string of the molecule is COc1ccc(CN(C)S(=O)(=O)c2ccc(C)cc2)cc1OC. The molecule has 2 aromatic carbocycles. The van der Waals surface area contributed by atoms with Crippen molar-refractivity contribution in [3.05, 3.63) is 53.6 Å². The maximum Gasteiger partial charge on any atom is 0.243 e. The summed E-state index contributed by atoms with van der Waals surface area (Å²) in [5.41, 5.74) is 1.84. The Labute approximate surface area is 137 Å². The molecule has 0 spiro atoms. The van der Waals surface area contributed by atoms with Gasteiger partial charge in [-0.3, -0.25) is 0 Å². The van der Waals surface area contributed by atoms with Crippen LogP contribution in [0.25, 0.3) is 0 Å². The third-order valence-corrected chi connectivity index (χ3v) is 5.40. The summed E-state index contributed by atoms with van der Waals surface area (Å²) in [6.45, 7) is 2.17. The smallest absolute Gasteiger partial charge is 0.243 e. The highest BCUT2D eigenvalue weighted by atomic mass is 32.2. The van der Waals surface area contributed by atoms with Crippen LogP contribution in [0.4, 0.5) is 0 Å². The van der Waals surface area contributed by atoms with Gasteiger partial charge in [-0.05, 0) is 36.8 Å². The molecule has 124 valence electrons. The molecular weight excluding hydrogens is 314 g/mol. The standard InChI is InChI=1S/C17H21NO4S/c1-13-5-8-15(9-6-13)23(19,20)18(2)12-14-7-10-16(21-3)17(11-14)22-4/h5-11H,12H2,1-4H3. The molecule has 23 heavy (non-hydrogen) atoms. The number of hydrogen-bond acceptors (Lipinski definition) is 4. The van der Waals surface area contributed by atoms with Crippen molar-refractivity contribution < 1.29 is 17.9 Å². The molecule has 0 unspecified atom stereocenters. The van der Waals surface area contributed by atoms with E-state index in [1.807, 2.05) is 13.0 Å². The minimum Gasteiger partial charge on any atom is -0.493 e. The fourth-order valence-corrected chi connectivity index (χ4v) is 3.37. The lowest BCUT2D eigenvalue weighted by Gasteiger charge is -2.18. The second-order valence-electron chi connectivity index (χ2n) is 5.26. The maximum atomic E-state index is 12.6. The van der Waals surface area contributed by atoms with Crippen LogP contribution in [0.1, 0.15) is 11.1 Å². The minimum absolute atomic E-state index is 0.247. The third-order valence-electron chi connectivity index (χ3n) is 3.58. The van der Waals surface area contributed by atoms with E-state index in [0.29, 0.717) is 11.5 Å². The summed E-state index contributed by atoms with van der Waals surface area (Å²) < 4.78 is 36.9. The Balaban J connectivity index is 2.24. The second kappa shape index (κ2) is 7.02. The molecule has 0 aliphatic heterocycles. The van der Waals surface area contributed by atoms with E-state index in [0.717, 1.165) is 11.1 Å². The van der Waals surface area contributed by atoms with Crippen molar-refractivity contribution >= 4 is 10.0 Å². The highest BCUT2D eigenvalue weighted by Crippen LogP contribution is 2.28. The monoisotopic (exact) mass is 335 g/mol. The fraction of sp³-hybridized carbons (Fsp3) is 0.294. The number of ether oxygens (including phenoxy) is 2. The van der Waals surface area contributed by atoms with Crippen LogP contribution in [0.2, 0.25) is 0 Å². The van der Waals surface area contributed by atoms with Crippen molar-refractivity contribution in [2.75, 3.05) is 21.3 Å². The van der Waals surface area contributed by atoms with Gasteiger partial charge in [0.1, 0.15) is 0 Å². The van der Waals surface area contributed by atoms with Gasteiger partial charge in [0.25, 0.3) is 0 Å². The molecular formula is C17H21NO4S. The second-order valence-corrected chi connectivity index (χ2v) is 7.31. The molecule has 6 heteroatoms. The van der Waals surface area contributed by atoms with Crippen LogP contribution in [0.15, 0.2) is 47.4 Å². The van der Waals surface area contributed by atoms with Crippen molar-refractivity contribution in [1.82, 2.24) is 4.31 Å². The molecule has 0 aliphatic carbocycles. The minimum atomic E-state index is -3.53. The molecule has 0 N–H and O–H groups in total. The van der Waals surface area contributed by atoms with Crippen LogP contribution < -0.4 is 9.47 Å². The van der Waals surface area contributed by atoms with Crippen molar-refractivity contribution in [3.63, 3.8) is 0 Å². The van der Waals surface area contributed by atoms with Gasteiger partial charge in [0.15, 0.2) is 11.5 Å². The first-order chi connectivity index (χ1) is 10.9. The lowest BCUT2D eigenvalue weighted by molar-refractivity contribution is 0.354. The molecule has 2 aromatic rings. The van der Waals surface area contributed by atoms with Crippen molar-refractivity contribution in [1.29, 1.82) is 0 Å². The zero-order valence-corrected chi connectivity index (χ0v) is 14.6. The summed E-state index contributed by atoms with van der Waals surface area (Å²) in [5, 5.41) is 0. The molecule has 0 amide bonds. The topological polar surface area (TPSA) is 55.8 Å². The van der Waals surface area contributed by atoms with Gasteiger partial charge < -0.3 is 9.47 Å². The molecule has 0 saturated carbocycles. The maximum absolute atomic E-state index is 12.6. The largest absolute Gasteiger partial charge is 0.493 e. The number of methoxy groups -OCH3 is 2. The van der Waals surface area contributed by atoms with Crippen LogP contribution in [-0.4, -0.2) is 34.0 Å². The van der Waals surface area contributed by atoms with Crippen molar-refractivity contribution in [3.8, 4) is 11.5 Å². The number of benzene rings is 2. The normalized spacial score (nSPS) is 11.5. The molecule has 0 aromatic heterocycles. The van der Waals surface area contributed by atoms with Gasteiger partial charge in [-0.1, -0.05) is 23.8 Å². The molecule has 0 fully saturated rings. The molecule has 0 heterocycles. The summed E-state index contributed by atoms with van der Waals surface area (Å²) in [5.74, 6) is 1.19. The highest BCUT2D eigenvalue weighted by Gasteiger charge is 2.21. The molecule has 0 radical (unpaired) electrons. The van der Waals surface area contributed by atoms with Gasteiger partial charge in [-0.2, -0.15) is 4.31 Å². The van der Waals surface area contributed by atoms with E-state index in [2.05, 4.69) is 0 Å². The molecule has 0 atom stereocenters. The zero-order valence-electron chi connectivity index (χ0n) is 13.7. The first-order valence-electron chi connectivity index (χ1n) is 7.12. The van der Waals surface area contributed by atoms with E-state index in [1.165, 1.54) is 4.31 Å². The summed E-state index contributed by atoms with van der Waals surface area (Å²) in [4.78, 5) is 0.283. The zero-order chi connectivity index (χ0) is 17.0. The number of rotatable bonds is 6. The molecule has 2 rings (SSSR count). The molecule has 0 saturated heterocycles. The Morgan fingerprint density at radius 3 is 2.13 bits per heavy atom. The third kappa shape index (κ3) is 3.83. The van der Waals surface area contributed by atoms with Crippen LogP contribution in [0.5, 0.6) is 11.5 Å². The van der Waals surface area contributed by atoms with Crippen LogP contribution >= 0.6 is 0 Å². The average molecular weight is 335 g/mol. The van der Waals surface area contributed by atoms with Gasteiger partial charge in [0.2, 0.25) is 10.0 Å². The van der Waals surface area contributed by atoms with Crippen LogP contribution in [-0.2, 0) is 16.6 Å². The Morgan fingerprint density at radius 1 is 0.957 bits per heavy atom. The highest BCUT2D eigenvalue weighted by molar-refractivity contribution is 7.89. The quantitative estimate of drug-likeness (QED) is 0.814. The first kappa shape index (κ1) is 17.3. The fourth-order valence-electron chi connectivity index (χ4n) is 2.21. The van der Waals surface area contributed by atoms with E-state index < -0.39 is 10.0 Å². The van der Waals surface area contributed by atoms with Gasteiger partial charge in [0, 0.05) is 13.6 Å². The number of sulfonamides is 1. The lowest BCUT2D eigenvalue weighted by Crippen LogP contribution is -2.26. The Bertz CT molecular complexity index is 770. The van der Waals surface area contributed by atoms with E-state index in [-0.39, 0.29) is 11.4 Å². The predicted octanol–water partition coefficient (Wildman–Crippen LogP) is 2.83. The molecule has 0 bridgehead atoms. The summed E-state index contributed by atoms with van der Waals surface area (Å²) in [6, 6.07) is 12.2. The van der Waals surface area contributed by atoms with Crippen LogP contribution in [0.3, 0.4) is 0 Å². The summed E-state index contributed by atoms with van der Waals surface area (Å²) in [6.07, 6.45) is 0. The predicted molar refractivity (Wildman–Crippen MR) is 89.4 cm³/mol. The number of hydrogen-bond donors (Lipinski definition) is 0. The van der Waals surface area contributed by atoms with Gasteiger partial charge >= 0.3 is 0 Å². The number of nitrogens with zero attached hydrogens (tertiary/aromatic N) is 1. The molecule has 5 nitrogen and oxygen atoms in total. The van der Waals surface area contributed by atoms with E-state index in [9.17, 15) is 8.42 Å². The average Bonchev–Trinajstić information content (AvgIpc) is 2.55. The first-order valence-corrected chi connectivity index (χ1v) is 8.56. The van der Waals surface area contributed by atoms with E-state index in [4.69, 9.17) is 9.47 Å². The summed E-state index contributed by atoms with van der Waals surface area (Å²) >= 11 is 0.